The molecule has 0 aliphatic rings. The van der Waals surface area contributed by atoms with Crippen LogP contribution in [0.5, 0.6) is 0 Å². The monoisotopic (exact) mass is 287 g/mol. The second-order valence-corrected chi connectivity index (χ2v) is 5.05. The third-order valence-electron chi connectivity index (χ3n) is 3.48. The summed E-state index contributed by atoms with van der Waals surface area (Å²) in [7, 11) is 0. The lowest BCUT2D eigenvalue weighted by Crippen LogP contribution is -3.00. The van der Waals surface area contributed by atoms with E-state index in [1.54, 1.807) is 0 Å². The van der Waals surface area contributed by atoms with Gasteiger partial charge in [0.25, 0.3) is 0 Å². The van der Waals surface area contributed by atoms with Gasteiger partial charge in [-0.1, -0.05) is 60.7 Å². The third kappa shape index (κ3) is 4.22. The zero-order chi connectivity index (χ0) is 13.7. The van der Waals surface area contributed by atoms with E-state index in [0.29, 0.717) is 6.04 Å². The lowest BCUT2D eigenvalue weighted by molar-refractivity contribution is -0.425. The van der Waals surface area contributed by atoms with Gasteiger partial charge in [0.2, 0.25) is 0 Å². The molecule has 1 atom stereocenters. The van der Waals surface area contributed by atoms with E-state index >= 15 is 0 Å². The Morgan fingerprint density at radius 2 is 1.55 bits per heavy atom. The van der Waals surface area contributed by atoms with E-state index in [4.69, 9.17) is 0 Å². The highest BCUT2D eigenvalue weighted by molar-refractivity contribution is 5.48. The normalized spacial score (nSPS) is 12.2. The minimum absolute atomic E-state index is 0. The number of benzene rings is 2. The van der Waals surface area contributed by atoms with Gasteiger partial charge in [0.05, 0.1) is 0 Å². The maximum atomic E-state index is 4.31. The first-order chi connectivity index (χ1) is 9.18. The highest BCUT2D eigenvalue weighted by atomic mass is 35.5. The first-order valence-corrected chi connectivity index (χ1v) is 6.79. The van der Waals surface area contributed by atoms with Crippen LogP contribution in [0, 0.1) is 13.8 Å². The standard InChI is InChI=1S/C18H21N.ClH/c1-14-8-6-9-15(2)18(14)17(19)13-7-12-16-10-4-3-5-11-16;/h3-12,17H,13,19H2,1-2H3;1H/b12-7+;/t17-;/m1./s1. The average molecular weight is 288 g/mol. The molecule has 2 aromatic rings. The van der Waals surface area contributed by atoms with Gasteiger partial charge < -0.3 is 18.1 Å². The molecule has 20 heavy (non-hydrogen) atoms. The van der Waals surface area contributed by atoms with Crippen molar-refractivity contribution in [1.82, 2.24) is 0 Å². The van der Waals surface area contributed by atoms with Crippen LogP contribution in [0.15, 0.2) is 54.6 Å². The van der Waals surface area contributed by atoms with Crippen molar-refractivity contribution in [2.75, 3.05) is 0 Å². The van der Waals surface area contributed by atoms with E-state index in [-0.39, 0.29) is 12.4 Å². The quantitative estimate of drug-likeness (QED) is 0.857. The molecule has 0 aliphatic heterocycles. The molecule has 0 unspecified atom stereocenters. The first kappa shape index (κ1) is 16.5. The number of hydrogen-bond acceptors (Lipinski definition) is 0. The van der Waals surface area contributed by atoms with Gasteiger partial charge in [0, 0.05) is 12.0 Å². The van der Waals surface area contributed by atoms with Crippen LogP contribution in [0.4, 0.5) is 0 Å². The van der Waals surface area contributed by atoms with E-state index in [2.05, 4.69) is 74.2 Å². The van der Waals surface area contributed by atoms with Gasteiger partial charge >= 0.3 is 0 Å². The maximum Gasteiger partial charge on any atom is 0.114 e. The number of aryl methyl sites for hydroxylation is 2. The van der Waals surface area contributed by atoms with Gasteiger partial charge in [-0.3, -0.25) is 0 Å². The van der Waals surface area contributed by atoms with Crippen molar-refractivity contribution in [2.45, 2.75) is 26.3 Å². The molecule has 0 radical (unpaired) electrons. The molecule has 106 valence electrons. The van der Waals surface area contributed by atoms with Crippen molar-refractivity contribution >= 4 is 6.08 Å². The largest absolute Gasteiger partial charge is 1.00 e. The third-order valence-corrected chi connectivity index (χ3v) is 3.48. The molecule has 2 heteroatoms. The highest BCUT2D eigenvalue weighted by Gasteiger charge is 2.12. The smallest absolute Gasteiger partial charge is 0.114 e. The summed E-state index contributed by atoms with van der Waals surface area (Å²) in [6, 6.07) is 17.2. The molecule has 0 bridgehead atoms. The Hall–Kier alpha value is -1.57. The van der Waals surface area contributed by atoms with E-state index in [0.717, 1.165) is 6.42 Å². The minimum Gasteiger partial charge on any atom is -1.00 e. The Kier molecular flexibility index (Phi) is 6.50. The highest BCUT2D eigenvalue weighted by Crippen LogP contribution is 2.21. The molecular formula is C18H22ClN. The lowest BCUT2D eigenvalue weighted by atomic mass is 9.94. The first-order valence-electron chi connectivity index (χ1n) is 6.79. The summed E-state index contributed by atoms with van der Waals surface area (Å²) in [5.74, 6) is 0. The topological polar surface area (TPSA) is 27.6 Å². The van der Waals surface area contributed by atoms with Crippen LogP contribution in [-0.4, -0.2) is 0 Å². The van der Waals surface area contributed by atoms with Crippen LogP contribution < -0.4 is 18.1 Å². The second-order valence-electron chi connectivity index (χ2n) is 5.05. The fourth-order valence-electron chi connectivity index (χ4n) is 2.52. The predicted molar refractivity (Wildman–Crippen MR) is 81.6 cm³/mol. The summed E-state index contributed by atoms with van der Waals surface area (Å²) >= 11 is 0. The van der Waals surface area contributed by atoms with Gasteiger partial charge in [-0.05, 0) is 30.5 Å². The van der Waals surface area contributed by atoms with Crippen molar-refractivity contribution < 1.29 is 18.1 Å². The van der Waals surface area contributed by atoms with Crippen molar-refractivity contribution in [2.24, 2.45) is 0 Å². The minimum atomic E-state index is 0. The molecule has 0 saturated heterocycles. The molecule has 3 N–H and O–H groups in total. The predicted octanol–water partition coefficient (Wildman–Crippen LogP) is 0.694. The number of quaternary nitrogens is 1. The lowest BCUT2D eigenvalue weighted by Gasteiger charge is -2.13. The Balaban J connectivity index is 0.00000200. The Morgan fingerprint density at radius 3 is 2.15 bits per heavy atom. The summed E-state index contributed by atoms with van der Waals surface area (Å²) in [6.45, 7) is 4.34. The Bertz CT molecular complexity index is 541. The summed E-state index contributed by atoms with van der Waals surface area (Å²) in [5, 5.41) is 0. The van der Waals surface area contributed by atoms with Gasteiger partial charge in [-0.15, -0.1) is 0 Å². The maximum absolute atomic E-state index is 4.31. The van der Waals surface area contributed by atoms with Gasteiger partial charge in [0.1, 0.15) is 6.04 Å². The fraction of sp³-hybridized carbons (Fsp3) is 0.222. The Morgan fingerprint density at radius 1 is 0.950 bits per heavy atom. The van der Waals surface area contributed by atoms with Crippen LogP contribution >= 0.6 is 0 Å². The van der Waals surface area contributed by atoms with Gasteiger partial charge in [-0.2, -0.15) is 0 Å². The van der Waals surface area contributed by atoms with E-state index < -0.39 is 0 Å². The van der Waals surface area contributed by atoms with Gasteiger partial charge in [0.15, 0.2) is 0 Å². The van der Waals surface area contributed by atoms with Crippen LogP contribution in [0.1, 0.15) is 34.7 Å². The molecule has 0 amide bonds. The molecule has 0 spiro atoms. The van der Waals surface area contributed by atoms with Crippen LogP contribution in [0.3, 0.4) is 0 Å². The summed E-state index contributed by atoms with van der Waals surface area (Å²) in [6.07, 6.45) is 5.37. The summed E-state index contributed by atoms with van der Waals surface area (Å²) in [4.78, 5) is 0. The van der Waals surface area contributed by atoms with E-state index in [9.17, 15) is 0 Å². The number of hydrogen-bond donors (Lipinski definition) is 1. The van der Waals surface area contributed by atoms with Crippen molar-refractivity contribution in [1.29, 1.82) is 0 Å². The SMILES string of the molecule is Cc1cccc(C)c1[C@H]([NH3+])C/C=C/c1ccccc1.[Cl-]. The van der Waals surface area contributed by atoms with Gasteiger partial charge in [-0.25, -0.2) is 0 Å². The molecule has 2 rings (SSSR count). The number of halogens is 1. The Labute approximate surface area is 127 Å². The summed E-state index contributed by atoms with van der Waals surface area (Å²) in [5.41, 5.74) is 9.63. The zero-order valence-corrected chi connectivity index (χ0v) is 12.9. The molecule has 0 aliphatic carbocycles. The summed E-state index contributed by atoms with van der Waals surface area (Å²) < 4.78 is 0. The fourth-order valence-corrected chi connectivity index (χ4v) is 2.52. The molecule has 2 aromatic carbocycles. The molecular weight excluding hydrogens is 266 g/mol. The van der Waals surface area contributed by atoms with Crippen LogP contribution in [0.2, 0.25) is 0 Å². The molecule has 0 saturated carbocycles. The molecule has 0 aromatic heterocycles. The van der Waals surface area contributed by atoms with E-state index in [1.807, 2.05) is 6.07 Å². The second kappa shape index (κ2) is 7.88. The zero-order valence-electron chi connectivity index (χ0n) is 12.1. The van der Waals surface area contributed by atoms with E-state index in [1.165, 1.54) is 22.3 Å². The average Bonchev–Trinajstić information content (AvgIpc) is 2.40. The van der Waals surface area contributed by atoms with Crippen LogP contribution in [-0.2, 0) is 0 Å². The molecule has 0 fully saturated rings. The van der Waals surface area contributed by atoms with Crippen molar-refractivity contribution in [3.8, 4) is 0 Å². The molecule has 0 heterocycles. The number of rotatable bonds is 4. The molecule has 1 nitrogen and oxygen atoms in total. The van der Waals surface area contributed by atoms with Crippen molar-refractivity contribution in [3.05, 3.63) is 76.9 Å². The van der Waals surface area contributed by atoms with Crippen LogP contribution in [0.25, 0.3) is 6.08 Å². The van der Waals surface area contributed by atoms with Crippen molar-refractivity contribution in [3.63, 3.8) is 0 Å².